The molecule has 2 N–H and O–H groups in total. The SMILES string of the molecule is O=C(O)C(=O)O.O=S(=O)(c1ccc2ccccc2c1)N1CCN(Cc2ccccc2Br)CC1. The Morgan fingerprint density at radius 2 is 1.39 bits per heavy atom. The zero-order valence-corrected chi connectivity index (χ0v) is 20.0. The molecule has 0 saturated carbocycles. The molecule has 0 atom stereocenters. The summed E-state index contributed by atoms with van der Waals surface area (Å²) in [6.45, 7) is 3.31. The first-order chi connectivity index (χ1) is 15.7. The first kappa shape index (κ1) is 24.8. The van der Waals surface area contributed by atoms with E-state index in [2.05, 4.69) is 26.9 Å². The maximum atomic E-state index is 13.0. The van der Waals surface area contributed by atoms with Gasteiger partial charge in [0.25, 0.3) is 0 Å². The van der Waals surface area contributed by atoms with Crippen molar-refractivity contribution < 1.29 is 28.2 Å². The number of carboxylic acid groups (broad SMARTS) is 2. The molecule has 0 bridgehead atoms. The quantitative estimate of drug-likeness (QED) is 0.493. The molecule has 1 saturated heterocycles. The molecule has 1 aliphatic rings. The van der Waals surface area contributed by atoms with Gasteiger partial charge in [-0.1, -0.05) is 64.5 Å². The summed E-state index contributed by atoms with van der Waals surface area (Å²) in [5.41, 5.74) is 1.23. The van der Waals surface area contributed by atoms with Gasteiger partial charge >= 0.3 is 11.9 Å². The number of carbonyl (C=O) groups is 2. The normalized spacial score (nSPS) is 14.9. The zero-order valence-electron chi connectivity index (χ0n) is 17.6. The number of sulfonamides is 1. The van der Waals surface area contributed by atoms with Crippen molar-refractivity contribution in [3.63, 3.8) is 0 Å². The van der Waals surface area contributed by atoms with Crippen LogP contribution in [0.5, 0.6) is 0 Å². The monoisotopic (exact) mass is 534 g/mol. The molecule has 4 rings (SSSR count). The van der Waals surface area contributed by atoms with Crippen molar-refractivity contribution in [2.75, 3.05) is 26.2 Å². The second-order valence-electron chi connectivity index (χ2n) is 7.39. The zero-order chi connectivity index (χ0) is 24.0. The number of benzene rings is 3. The Kier molecular flexibility index (Phi) is 8.20. The van der Waals surface area contributed by atoms with Gasteiger partial charge < -0.3 is 10.2 Å². The highest BCUT2D eigenvalue weighted by molar-refractivity contribution is 9.10. The Labute approximate surface area is 200 Å². The van der Waals surface area contributed by atoms with Crippen LogP contribution in [0.15, 0.2) is 76.1 Å². The molecule has 10 heteroatoms. The number of carboxylic acids is 2. The van der Waals surface area contributed by atoms with E-state index < -0.39 is 22.0 Å². The van der Waals surface area contributed by atoms with Gasteiger partial charge in [-0.15, -0.1) is 0 Å². The minimum Gasteiger partial charge on any atom is -0.473 e. The maximum Gasteiger partial charge on any atom is 0.414 e. The lowest BCUT2D eigenvalue weighted by molar-refractivity contribution is -0.159. The molecule has 0 radical (unpaired) electrons. The standard InChI is InChI=1S/C21H21BrN2O2S.C2H2O4/c22-21-8-4-3-7-19(21)16-23-11-13-24(14-12-23)27(25,26)20-10-9-17-5-1-2-6-18(17)15-20;3-1(4)2(5)6/h1-10,15H,11-14,16H2;(H,3,4)(H,5,6). The molecule has 3 aromatic carbocycles. The molecular formula is C23H23BrN2O6S. The smallest absolute Gasteiger partial charge is 0.414 e. The molecule has 1 fully saturated rings. The molecule has 1 aliphatic heterocycles. The molecule has 3 aromatic rings. The van der Waals surface area contributed by atoms with Crippen LogP contribution >= 0.6 is 15.9 Å². The average Bonchev–Trinajstić information content (AvgIpc) is 2.81. The third kappa shape index (κ3) is 6.38. The Bertz CT molecular complexity index is 1240. The van der Waals surface area contributed by atoms with E-state index in [1.165, 1.54) is 5.56 Å². The predicted molar refractivity (Wildman–Crippen MR) is 127 cm³/mol. The molecular weight excluding hydrogens is 512 g/mol. The van der Waals surface area contributed by atoms with Crippen molar-refractivity contribution in [3.8, 4) is 0 Å². The van der Waals surface area contributed by atoms with Crippen LogP contribution < -0.4 is 0 Å². The second-order valence-corrected chi connectivity index (χ2v) is 10.2. The minimum absolute atomic E-state index is 0.375. The Hall–Kier alpha value is -2.79. The van der Waals surface area contributed by atoms with Gasteiger partial charge in [-0.3, -0.25) is 4.90 Å². The van der Waals surface area contributed by atoms with E-state index in [0.29, 0.717) is 18.0 Å². The van der Waals surface area contributed by atoms with Gasteiger partial charge in [-0.2, -0.15) is 4.31 Å². The maximum absolute atomic E-state index is 13.0. The Morgan fingerprint density at radius 1 is 0.818 bits per heavy atom. The summed E-state index contributed by atoms with van der Waals surface area (Å²) in [5, 5.41) is 16.8. The molecule has 33 heavy (non-hydrogen) atoms. The Balaban J connectivity index is 0.000000454. The number of halogens is 1. The van der Waals surface area contributed by atoms with E-state index in [9.17, 15) is 8.42 Å². The first-order valence-electron chi connectivity index (χ1n) is 10.1. The minimum atomic E-state index is -3.46. The number of hydrogen-bond donors (Lipinski definition) is 2. The lowest BCUT2D eigenvalue weighted by atomic mass is 10.1. The topological polar surface area (TPSA) is 115 Å². The summed E-state index contributed by atoms with van der Waals surface area (Å²) < 4.78 is 28.8. The summed E-state index contributed by atoms with van der Waals surface area (Å²) in [7, 11) is -3.46. The molecule has 0 amide bonds. The van der Waals surface area contributed by atoms with Crippen LogP contribution in [0.4, 0.5) is 0 Å². The fraction of sp³-hybridized carbons (Fsp3) is 0.217. The van der Waals surface area contributed by atoms with Crippen molar-refractivity contribution in [1.29, 1.82) is 0 Å². The third-order valence-electron chi connectivity index (χ3n) is 5.22. The highest BCUT2D eigenvalue weighted by Gasteiger charge is 2.28. The van der Waals surface area contributed by atoms with Crippen molar-refractivity contribution in [2.24, 2.45) is 0 Å². The summed E-state index contributed by atoms with van der Waals surface area (Å²) in [6.07, 6.45) is 0. The first-order valence-corrected chi connectivity index (χ1v) is 12.3. The van der Waals surface area contributed by atoms with Crippen molar-refractivity contribution in [2.45, 2.75) is 11.4 Å². The van der Waals surface area contributed by atoms with Gasteiger partial charge in [-0.25, -0.2) is 18.0 Å². The van der Waals surface area contributed by atoms with E-state index in [1.807, 2.05) is 48.5 Å². The molecule has 0 aliphatic carbocycles. The van der Waals surface area contributed by atoms with Gasteiger partial charge in [0.1, 0.15) is 0 Å². The molecule has 1 heterocycles. The number of fused-ring (bicyclic) bond motifs is 1. The van der Waals surface area contributed by atoms with Crippen LogP contribution in [0.3, 0.4) is 0 Å². The summed E-state index contributed by atoms with van der Waals surface area (Å²) in [6, 6.07) is 21.4. The van der Waals surface area contributed by atoms with Crippen LogP contribution in [0, 0.1) is 0 Å². The lowest BCUT2D eigenvalue weighted by Gasteiger charge is -2.34. The third-order valence-corrected chi connectivity index (χ3v) is 7.89. The van der Waals surface area contributed by atoms with Gasteiger partial charge in [0.15, 0.2) is 0 Å². The molecule has 0 unspecified atom stereocenters. The Morgan fingerprint density at radius 3 is 2.00 bits per heavy atom. The molecule has 0 aromatic heterocycles. The largest absolute Gasteiger partial charge is 0.473 e. The highest BCUT2D eigenvalue weighted by Crippen LogP contribution is 2.24. The summed E-state index contributed by atoms with van der Waals surface area (Å²) in [4.78, 5) is 20.9. The van der Waals surface area contributed by atoms with Crippen LogP contribution in [0.1, 0.15) is 5.56 Å². The predicted octanol–water partition coefficient (Wildman–Crippen LogP) is 3.26. The van der Waals surface area contributed by atoms with E-state index in [4.69, 9.17) is 19.8 Å². The second kappa shape index (κ2) is 10.9. The summed E-state index contributed by atoms with van der Waals surface area (Å²) >= 11 is 3.58. The van der Waals surface area contributed by atoms with Crippen LogP contribution in [0.25, 0.3) is 10.8 Å². The number of aliphatic carboxylic acids is 2. The highest BCUT2D eigenvalue weighted by atomic mass is 79.9. The van der Waals surface area contributed by atoms with E-state index in [-0.39, 0.29) is 0 Å². The van der Waals surface area contributed by atoms with E-state index in [1.54, 1.807) is 16.4 Å². The lowest BCUT2D eigenvalue weighted by Crippen LogP contribution is -2.48. The van der Waals surface area contributed by atoms with Crippen LogP contribution in [0.2, 0.25) is 0 Å². The van der Waals surface area contributed by atoms with Crippen molar-refractivity contribution in [1.82, 2.24) is 9.21 Å². The number of hydrogen-bond acceptors (Lipinski definition) is 5. The number of nitrogens with zero attached hydrogens (tertiary/aromatic N) is 2. The fourth-order valence-electron chi connectivity index (χ4n) is 3.47. The van der Waals surface area contributed by atoms with Crippen LogP contribution in [-0.4, -0.2) is 66.0 Å². The van der Waals surface area contributed by atoms with Gasteiger partial charge in [-0.05, 0) is 34.5 Å². The van der Waals surface area contributed by atoms with Gasteiger partial charge in [0, 0.05) is 37.2 Å². The van der Waals surface area contributed by atoms with Crippen molar-refractivity contribution >= 4 is 48.7 Å². The van der Waals surface area contributed by atoms with E-state index in [0.717, 1.165) is 34.9 Å². The van der Waals surface area contributed by atoms with Crippen molar-refractivity contribution in [3.05, 3.63) is 76.8 Å². The molecule has 174 valence electrons. The van der Waals surface area contributed by atoms with Gasteiger partial charge in [0.2, 0.25) is 10.0 Å². The van der Waals surface area contributed by atoms with Crippen LogP contribution in [-0.2, 0) is 26.2 Å². The number of piperazine rings is 1. The fourth-order valence-corrected chi connectivity index (χ4v) is 5.34. The average molecular weight is 535 g/mol. The van der Waals surface area contributed by atoms with Gasteiger partial charge in [0.05, 0.1) is 4.90 Å². The molecule has 8 nitrogen and oxygen atoms in total. The number of rotatable bonds is 4. The summed E-state index contributed by atoms with van der Waals surface area (Å²) in [5.74, 6) is -3.65. The van der Waals surface area contributed by atoms with E-state index >= 15 is 0 Å². The molecule has 0 spiro atoms.